The molecule has 1 aromatic rings. The molecule has 1 rings (SSSR count). The van der Waals surface area contributed by atoms with E-state index in [0.29, 0.717) is 5.75 Å². The topological polar surface area (TPSA) is 61.3 Å². The first kappa shape index (κ1) is 18.3. The number of aromatic nitrogens is 2. The van der Waals surface area contributed by atoms with Gasteiger partial charge in [-0.25, -0.2) is 9.55 Å². The van der Waals surface area contributed by atoms with Gasteiger partial charge in [0.15, 0.2) is 0 Å². The third-order valence-corrected chi connectivity index (χ3v) is 5.96. The van der Waals surface area contributed by atoms with Crippen LogP contribution in [0.5, 0.6) is 5.88 Å². The molecule has 1 heterocycles. The number of nitrogens with zero attached hydrogens (tertiary/aromatic N) is 2. The average Bonchev–Trinajstić information content (AvgIpc) is 2.35. The van der Waals surface area contributed by atoms with Gasteiger partial charge in [-0.1, -0.05) is 6.92 Å². The van der Waals surface area contributed by atoms with Crippen LogP contribution in [-0.4, -0.2) is 22.3 Å². The zero-order valence-corrected chi connectivity index (χ0v) is 13.5. The molecular formula is C11H16F3N2O3PS. The molecule has 0 fully saturated rings. The number of rotatable bonds is 7. The first-order valence-electron chi connectivity index (χ1n) is 6.21. The van der Waals surface area contributed by atoms with Crippen molar-refractivity contribution in [2.24, 2.45) is 0 Å². The number of aryl methyl sites for hydroxylation is 1. The second-order valence-electron chi connectivity index (χ2n) is 3.96. The van der Waals surface area contributed by atoms with Gasteiger partial charge in [-0.3, -0.25) is 4.52 Å². The number of alkyl halides is 3. The predicted octanol–water partition coefficient (Wildman–Crippen LogP) is 4.47. The van der Waals surface area contributed by atoms with Gasteiger partial charge < -0.3 is 4.52 Å². The van der Waals surface area contributed by atoms with E-state index in [1.54, 1.807) is 6.92 Å². The van der Waals surface area contributed by atoms with E-state index in [1.165, 1.54) is 13.0 Å². The van der Waals surface area contributed by atoms with E-state index in [9.17, 15) is 17.7 Å². The molecule has 1 unspecified atom stereocenters. The Labute approximate surface area is 124 Å². The predicted molar refractivity (Wildman–Crippen MR) is 74.4 cm³/mol. The smallest absolute Gasteiger partial charge is 0.398 e. The molecule has 10 heteroatoms. The molecule has 0 radical (unpaired) electrons. The molecule has 21 heavy (non-hydrogen) atoms. The summed E-state index contributed by atoms with van der Waals surface area (Å²) in [5.74, 6) is -1.25. The molecule has 1 atom stereocenters. The lowest BCUT2D eigenvalue weighted by atomic mass is 10.4. The summed E-state index contributed by atoms with van der Waals surface area (Å²) in [5.41, 5.74) is 0.0656. The lowest BCUT2D eigenvalue weighted by Gasteiger charge is -2.17. The molecule has 120 valence electrons. The van der Waals surface area contributed by atoms with Gasteiger partial charge in [0.25, 0.3) is 0 Å². The minimum Gasteiger partial charge on any atom is -0.398 e. The van der Waals surface area contributed by atoms with Crippen molar-refractivity contribution in [3.8, 4) is 5.88 Å². The van der Waals surface area contributed by atoms with Crippen molar-refractivity contribution < 1.29 is 26.8 Å². The highest BCUT2D eigenvalue weighted by molar-refractivity contribution is 8.55. The van der Waals surface area contributed by atoms with Crippen molar-refractivity contribution >= 4 is 18.2 Å². The minimum atomic E-state index is -4.70. The maximum absolute atomic E-state index is 12.6. The molecule has 1 aromatic heterocycles. The molecule has 0 saturated carbocycles. The third kappa shape index (κ3) is 5.84. The molecule has 0 bridgehead atoms. The fourth-order valence-electron chi connectivity index (χ4n) is 1.28. The van der Waals surface area contributed by atoms with Gasteiger partial charge in [-0.15, -0.1) is 0 Å². The standard InChI is InChI=1S/C11H16F3N2O3PS/c1-4-6-21-20(17,18-5-2)19-9-7-8(3)15-10(16-9)11(12,13)14/h7H,4-6H2,1-3H3. The average molecular weight is 344 g/mol. The van der Waals surface area contributed by atoms with Gasteiger partial charge in [0, 0.05) is 17.5 Å². The maximum Gasteiger partial charge on any atom is 0.451 e. The van der Waals surface area contributed by atoms with E-state index in [4.69, 9.17) is 9.05 Å². The van der Waals surface area contributed by atoms with Crippen LogP contribution < -0.4 is 4.52 Å². The van der Waals surface area contributed by atoms with Crippen LogP contribution in [0.4, 0.5) is 13.2 Å². The van der Waals surface area contributed by atoms with Gasteiger partial charge in [-0.05, 0) is 31.7 Å². The van der Waals surface area contributed by atoms with Crippen molar-refractivity contribution in [2.45, 2.75) is 33.4 Å². The van der Waals surface area contributed by atoms with E-state index in [1.807, 2.05) is 6.92 Å². The van der Waals surface area contributed by atoms with Crippen molar-refractivity contribution in [3.63, 3.8) is 0 Å². The second-order valence-corrected chi connectivity index (χ2v) is 8.08. The van der Waals surface area contributed by atoms with E-state index in [-0.39, 0.29) is 12.3 Å². The number of hydrogen-bond donors (Lipinski definition) is 0. The van der Waals surface area contributed by atoms with Crippen LogP contribution in [-0.2, 0) is 15.3 Å². The van der Waals surface area contributed by atoms with Crippen LogP contribution >= 0.6 is 18.2 Å². The van der Waals surface area contributed by atoms with Crippen LogP contribution in [0.1, 0.15) is 31.8 Å². The Kier molecular flexibility index (Phi) is 6.49. The van der Waals surface area contributed by atoms with Crippen LogP contribution in [0.2, 0.25) is 0 Å². The first-order valence-corrected chi connectivity index (χ1v) is 9.35. The van der Waals surface area contributed by atoms with E-state index >= 15 is 0 Å². The van der Waals surface area contributed by atoms with E-state index < -0.39 is 24.7 Å². The summed E-state index contributed by atoms with van der Waals surface area (Å²) in [6, 6.07) is 1.19. The Hall–Kier alpha value is -0.790. The molecule has 0 spiro atoms. The molecular weight excluding hydrogens is 328 g/mol. The van der Waals surface area contributed by atoms with Crippen molar-refractivity contribution in [2.75, 3.05) is 12.4 Å². The van der Waals surface area contributed by atoms with Crippen molar-refractivity contribution in [3.05, 3.63) is 17.6 Å². The van der Waals surface area contributed by atoms with Gasteiger partial charge in [0.2, 0.25) is 11.7 Å². The molecule has 0 N–H and O–H groups in total. The lowest BCUT2D eigenvalue weighted by Crippen LogP contribution is -2.12. The monoisotopic (exact) mass is 344 g/mol. The fourth-order valence-corrected chi connectivity index (χ4v) is 4.65. The third-order valence-electron chi connectivity index (χ3n) is 2.03. The number of halogens is 3. The van der Waals surface area contributed by atoms with Crippen molar-refractivity contribution in [1.29, 1.82) is 0 Å². The highest BCUT2D eigenvalue weighted by Crippen LogP contribution is 2.60. The second kappa shape index (κ2) is 7.47. The fraction of sp³-hybridized carbons (Fsp3) is 0.636. The summed E-state index contributed by atoms with van der Waals surface area (Å²) in [6.07, 6.45) is -3.97. The molecule has 0 amide bonds. The molecule has 0 aliphatic heterocycles. The molecule has 0 aromatic carbocycles. The Morgan fingerprint density at radius 1 is 1.33 bits per heavy atom. The Balaban J connectivity index is 3.04. The van der Waals surface area contributed by atoms with Crippen LogP contribution in [0.3, 0.4) is 0 Å². The highest BCUT2D eigenvalue weighted by atomic mass is 32.7. The minimum absolute atomic E-state index is 0.0656. The van der Waals surface area contributed by atoms with Gasteiger partial charge in [0.1, 0.15) is 0 Å². The molecule has 5 nitrogen and oxygen atoms in total. The van der Waals surface area contributed by atoms with Crippen LogP contribution in [0.25, 0.3) is 0 Å². The zero-order chi connectivity index (χ0) is 16.1. The molecule has 0 aliphatic carbocycles. The van der Waals surface area contributed by atoms with Crippen LogP contribution in [0, 0.1) is 6.92 Å². The van der Waals surface area contributed by atoms with Gasteiger partial charge in [0.05, 0.1) is 6.61 Å². The first-order chi connectivity index (χ1) is 9.70. The van der Waals surface area contributed by atoms with Crippen LogP contribution in [0.15, 0.2) is 6.07 Å². The SMILES string of the molecule is CCCSP(=O)(OCC)Oc1cc(C)nc(C(F)(F)F)n1. The van der Waals surface area contributed by atoms with Crippen molar-refractivity contribution in [1.82, 2.24) is 9.97 Å². The Bertz CT molecular complexity index is 528. The maximum atomic E-state index is 12.6. The summed E-state index contributed by atoms with van der Waals surface area (Å²) in [7, 11) is 0. The largest absolute Gasteiger partial charge is 0.451 e. The number of hydrogen-bond acceptors (Lipinski definition) is 6. The van der Waals surface area contributed by atoms with E-state index in [0.717, 1.165) is 17.8 Å². The van der Waals surface area contributed by atoms with E-state index in [2.05, 4.69) is 9.97 Å². The highest BCUT2D eigenvalue weighted by Gasteiger charge is 2.36. The quantitative estimate of drug-likeness (QED) is 0.680. The lowest BCUT2D eigenvalue weighted by molar-refractivity contribution is -0.145. The Morgan fingerprint density at radius 2 is 2.00 bits per heavy atom. The Morgan fingerprint density at radius 3 is 2.52 bits per heavy atom. The summed E-state index contributed by atoms with van der Waals surface area (Å²) in [5, 5.41) is 0. The normalized spacial score (nSPS) is 14.8. The van der Waals surface area contributed by atoms with Gasteiger partial charge in [-0.2, -0.15) is 18.2 Å². The summed E-state index contributed by atoms with van der Waals surface area (Å²) in [4.78, 5) is 6.55. The molecule has 0 aliphatic rings. The van der Waals surface area contributed by atoms with Gasteiger partial charge >= 0.3 is 13.0 Å². The summed E-state index contributed by atoms with van der Waals surface area (Å²) in [6.45, 7) is 1.39. The summed E-state index contributed by atoms with van der Waals surface area (Å²) < 4.78 is 60.5. The molecule has 0 saturated heterocycles. The summed E-state index contributed by atoms with van der Waals surface area (Å²) >= 11 is 0.932. The zero-order valence-electron chi connectivity index (χ0n) is 11.8.